The number of hydrogen-bond acceptors (Lipinski definition) is 6. The van der Waals surface area contributed by atoms with Gasteiger partial charge in [-0.25, -0.2) is 4.79 Å². The number of esters is 1. The summed E-state index contributed by atoms with van der Waals surface area (Å²) in [6.45, 7) is 0.907. The maximum absolute atomic E-state index is 12.3. The first-order chi connectivity index (χ1) is 14.4. The van der Waals surface area contributed by atoms with Crippen LogP contribution in [0.15, 0.2) is 53.3 Å². The Morgan fingerprint density at radius 2 is 1.93 bits per heavy atom. The minimum absolute atomic E-state index is 0.112. The Hall–Kier alpha value is -3.88. The number of carbonyl (C=O) groups is 4. The zero-order valence-electron chi connectivity index (χ0n) is 16.3. The Morgan fingerprint density at radius 3 is 2.67 bits per heavy atom. The van der Waals surface area contributed by atoms with Crippen molar-refractivity contribution in [3.05, 3.63) is 65.7 Å². The lowest BCUT2D eigenvalue weighted by atomic mass is 9.94. The first kappa shape index (κ1) is 20.8. The van der Waals surface area contributed by atoms with Crippen molar-refractivity contribution in [3.8, 4) is 0 Å². The van der Waals surface area contributed by atoms with Crippen molar-refractivity contribution < 1.29 is 28.3 Å². The molecule has 9 heteroatoms. The van der Waals surface area contributed by atoms with E-state index in [0.29, 0.717) is 5.76 Å². The van der Waals surface area contributed by atoms with Crippen LogP contribution in [0.4, 0.5) is 4.79 Å². The Kier molecular flexibility index (Phi) is 6.63. The van der Waals surface area contributed by atoms with E-state index in [1.807, 2.05) is 24.3 Å². The van der Waals surface area contributed by atoms with E-state index in [0.717, 1.165) is 11.1 Å². The highest BCUT2D eigenvalue weighted by Gasteiger charge is 2.29. The number of ether oxygens (including phenoxy) is 1. The van der Waals surface area contributed by atoms with Crippen LogP contribution in [-0.2, 0) is 25.7 Å². The Morgan fingerprint density at radius 1 is 1.13 bits per heavy atom. The molecule has 3 rings (SSSR count). The molecule has 156 valence electrons. The molecule has 0 unspecified atom stereocenters. The lowest BCUT2D eigenvalue weighted by Crippen LogP contribution is -2.41. The maximum atomic E-state index is 12.3. The molecule has 0 aliphatic carbocycles. The van der Waals surface area contributed by atoms with Gasteiger partial charge in [-0.3, -0.25) is 19.7 Å². The van der Waals surface area contributed by atoms with Gasteiger partial charge >= 0.3 is 12.0 Å². The van der Waals surface area contributed by atoms with Crippen molar-refractivity contribution in [3.63, 3.8) is 0 Å². The third kappa shape index (κ3) is 5.34. The molecule has 1 aromatic carbocycles. The smallest absolute Gasteiger partial charge is 0.321 e. The quantitative estimate of drug-likeness (QED) is 0.703. The number of imide groups is 1. The molecule has 2 aromatic rings. The van der Waals surface area contributed by atoms with Gasteiger partial charge in [0, 0.05) is 13.1 Å². The molecule has 1 atom stereocenters. The number of nitrogens with one attached hydrogen (secondary N) is 2. The van der Waals surface area contributed by atoms with Crippen LogP contribution in [0.5, 0.6) is 0 Å². The van der Waals surface area contributed by atoms with Gasteiger partial charge in [0.25, 0.3) is 5.91 Å². The predicted molar refractivity (Wildman–Crippen MR) is 105 cm³/mol. The molecule has 0 bridgehead atoms. The summed E-state index contributed by atoms with van der Waals surface area (Å²) in [5.41, 5.74) is 1.72. The Labute approximate surface area is 172 Å². The van der Waals surface area contributed by atoms with Gasteiger partial charge in [-0.15, -0.1) is 0 Å². The summed E-state index contributed by atoms with van der Waals surface area (Å²) in [5.74, 6) is -1.12. The molecule has 1 aliphatic rings. The number of hydrogen-bond donors (Lipinski definition) is 2. The molecule has 1 aromatic heterocycles. The highest BCUT2D eigenvalue weighted by atomic mass is 16.5. The molecule has 4 amide bonds. The molecule has 0 spiro atoms. The molecule has 2 heterocycles. The molecule has 0 saturated carbocycles. The first-order valence-electron chi connectivity index (χ1n) is 9.25. The fourth-order valence-electron chi connectivity index (χ4n) is 3.06. The van der Waals surface area contributed by atoms with E-state index in [1.165, 1.54) is 18.1 Å². The second-order valence-corrected chi connectivity index (χ2v) is 6.56. The largest absolute Gasteiger partial charge is 0.467 e. The fraction of sp³-hybridized carbons (Fsp3) is 0.238. The van der Waals surface area contributed by atoms with Gasteiger partial charge in [-0.05, 0) is 29.3 Å². The Balaban J connectivity index is 1.49. The summed E-state index contributed by atoms with van der Waals surface area (Å²) in [6.07, 6.45) is 4.76. The topological polar surface area (TPSA) is 118 Å². The maximum Gasteiger partial charge on any atom is 0.321 e. The van der Waals surface area contributed by atoms with Gasteiger partial charge in [0.05, 0.1) is 25.3 Å². The average molecular weight is 411 g/mol. The average Bonchev–Trinajstić information content (AvgIpc) is 3.24. The molecule has 0 fully saturated rings. The summed E-state index contributed by atoms with van der Waals surface area (Å²) in [5, 5.41) is 4.50. The van der Waals surface area contributed by atoms with Crippen molar-refractivity contribution in [2.75, 3.05) is 6.61 Å². The van der Waals surface area contributed by atoms with Crippen molar-refractivity contribution in [2.24, 2.45) is 0 Å². The van der Waals surface area contributed by atoms with Gasteiger partial charge in [-0.1, -0.05) is 24.3 Å². The van der Waals surface area contributed by atoms with Crippen LogP contribution in [-0.4, -0.2) is 35.3 Å². The van der Waals surface area contributed by atoms with E-state index in [9.17, 15) is 19.2 Å². The SMILES string of the molecule is CC(=O)N1C=Cc2ccccc2[C@H]1CC(=O)OCC(=O)NC(=O)NCc1ccco1. The summed E-state index contributed by atoms with van der Waals surface area (Å²) in [6, 6.07) is 9.49. The van der Waals surface area contributed by atoms with Crippen LogP contribution in [0, 0.1) is 0 Å². The molecular weight excluding hydrogens is 390 g/mol. The molecule has 1 aliphatic heterocycles. The van der Waals surface area contributed by atoms with Crippen LogP contribution < -0.4 is 10.6 Å². The van der Waals surface area contributed by atoms with Gasteiger partial charge < -0.3 is 19.4 Å². The number of benzene rings is 1. The minimum atomic E-state index is -0.771. The van der Waals surface area contributed by atoms with Crippen molar-refractivity contribution >= 4 is 29.9 Å². The monoisotopic (exact) mass is 411 g/mol. The number of fused-ring (bicyclic) bond motifs is 1. The number of urea groups is 1. The highest BCUT2D eigenvalue weighted by molar-refractivity contribution is 5.95. The Bertz CT molecular complexity index is 967. The lowest BCUT2D eigenvalue weighted by molar-refractivity contribution is -0.149. The summed E-state index contributed by atoms with van der Waals surface area (Å²) >= 11 is 0. The van der Waals surface area contributed by atoms with Crippen molar-refractivity contribution in [1.29, 1.82) is 0 Å². The molecular formula is C21H21N3O6. The summed E-state index contributed by atoms with van der Waals surface area (Å²) < 4.78 is 10.1. The van der Waals surface area contributed by atoms with E-state index >= 15 is 0 Å². The lowest BCUT2D eigenvalue weighted by Gasteiger charge is -2.32. The van der Waals surface area contributed by atoms with E-state index < -0.39 is 30.6 Å². The second kappa shape index (κ2) is 9.55. The normalized spacial score (nSPS) is 14.6. The van der Waals surface area contributed by atoms with Crippen LogP contribution >= 0.6 is 0 Å². The van der Waals surface area contributed by atoms with Crippen molar-refractivity contribution in [1.82, 2.24) is 15.5 Å². The third-order valence-electron chi connectivity index (χ3n) is 4.45. The zero-order chi connectivity index (χ0) is 21.5. The van der Waals surface area contributed by atoms with Gasteiger partial charge in [0.15, 0.2) is 6.61 Å². The number of furan rings is 1. The zero-order valence-corrected chi connectivity index (χ0v) is 16.3. The van der Waals surface area contributed by atoms with E-state index in [4.69, 9.17) is 9.15 Å². The summed E-state index contributed by atoms with van der Waals surface area (Å²) in [7, 11) is 0. The van der Waals surface area contributed by atoms with Crippen LogP contribution in [0.3, 0.4) is 0 Å². The van der Waals surface area contributed by atoms with Crippen LogP contribution in [0.25, 0.3) is 6.08 Å². The van der Waals surface area contributed by atoms with E-state index in [-0.39, 0.29) is 18.9 Å². The second-order valence-electron chi connectivity index (χ2n) is 6.56. The molecule has 9 nitrogen and oxygen atoms in total. The third-order valence-corrected chi connectivity index (χ3v) is 4.45. The summed E-state index contributed by atoms with van der Waals surface area (Å²) in [4.78, 5) is 49.2. The van der Waals surface area contributed by atoms with Crippen LogP contribution in [0.1, 0.15) is 36.3 Å². The number of rotatable bonds is 6. The van der Waals surface area contributed by atoms with E-state index in [2.05, 4.69) is 10.6 Å². The van der Waals surface area contributed by atoms with Crippen molar-refractivity contribution in [2.45, 2.75) is 25.9 Å². The minimum Gasteiger partial charge on any atom is -0.467 e. The molecule has 30 heavy (non-hydrogen) atoms. The van der Waals surface area contributed by atoms with Gasteiger partial charge in [0.2, 0.25) is 5.91 Å². The van der Waals surface area contributed by atoms with Gasteiger partial charge in [0.1, 0.15) is 5.76 Å². The molecule has 2 N–H and O–H groups in total. The number of nitrogens with zero attached hydrogens (tertiary/aromatic N) is 1. The van der Waals surface area contributed by atoms with E-state index in [1.54, 1.807) is 24.4 Å². The predicted octanol–water partition coefficient (Wildman–Crippen LogP) is 2.11. The highest BCUT2D eigenvalue weighted by Crippen LogP contribution is 2.32. The fourth-order valence-corrected chi connectivity index (χ4v) is 3.06. The molecule has 0 saturated heterocycles. The number of carbonyl (C=O) groups excluding carboxylic acids is 4. The van der Waals surface area contributed by atoms with Gasteiger partial charge in [-0.2, -0.15) is 0 Å². The number of amides is 4. The van der Waals surface area contributed by atoms with Crippen LogP contribution in [0.2, 0.25) is 0 Å². The standard InChI is InChI=1S/C21H21N3O6/c1-14(25)24-9-8-15-5-2-3-7-17(15)18(24)11-20(27)30-13-19(26)23-21(28)22-12-16-6-4-10-29-16/h2-10,18H,11-13H2,1H3,(H2,22,23,26,28)/t18-/m1/s1. The first-order valence-corrected chi connectivity index (χ1v) is 9.25. The molecule has 0 radical (unpaired) electrons.